The van der Waals surface area contributed by atoms with Crippen LogP contribution in [0.15, 0.2) is 18.2 Å². The Morgan fingerprint density at radius 3 is 2.86 bits per heavy atom. The van der Waals surface area contributed by atoms with E-state index in [2.05, 4.69) is 37.4 Å². The molecule has 1 aromatic rings. The maximum Gasteiger partial charge on any atom is 0.121 e. The monoisotopic (exact) mass is 291 g/mol. The number of hydrogen-bond donors (Lipinski definition) is 1. The lowest BCUT2D eigenvalue weighted by molar-refractivity contribution is 0.00856. The summed E-state index contributed by atoms with van der Waals surface area (Å²) in [4.78, 5) is 0. The number of nitrogens with one attached hydrogen (secondary N) is 1. The quantitative estimate of drug-likeness (QED) is 0.823. The molecule has 2 atom stereocenters. The van der Waals surface area contributed by atoms with Gasteiger partial charge in [-0.15, -0.1) is 0 Å². The third-order valence-corrected chi connectivity index (χ3v) is 4.32. The molecule has 2 unspecified atom stereocenters. The van der Waals surface area contributed by atoms with E-state index in [4.69, 9.17) is 9.47 Å². The van der Waals surface area contributed by atoms with Crippen molar-refractivity contribution < 1.29 is 9.47 Å². The summed E-state index contributed by atoms with van der Waals surface area (Å²) < 4.78 is 11.2. The molecule has 0 amide bonds. The third kappa shape index (κ3) is 4.72. The summed E-state index contributed by atoms with van der Waals surface area (Å²) >= 11 is 0. The van der Waals surface area contributed by atoms with Crippen molar-refractivity contribution >= 4 is 0 Å². The van der Waals surface area contributed by atoms with E-state index >= 15 is 0 Å². The number of methoxy groups -OCH3 is 1. The van der Waals surface area contributed by atoms with Crippen LogP contribution in [0.1, 0.15) is 56.2 Å². The van der Waals surface area contributed by atoms with Crippen LogP contribution in [0.4, 0.5) is 0 Å². The Morgan fingerprint density at radius 2 is 2.24 bits per heavy atom. The summed E-state index contributed by atoms with van der Waals surface area (Å²) in [5.41, 5.74) is 2.55. The van der Waals surface area contributed by atoms with Gasteiger partial charge in [-0.25, -0.2) is 0 Å². The molecule has 0 saturated carbocycles. The molecule has 0 bridgehead atoms. The molecular formula is C18H29NO2. The van der Waals surface area contributed by atoms with Crippen molar-refractivity contribution in [2.75, 3.05) is 20.3 Å². The number of rotatable bonds is 7. The minimum Gasteiger partial charge on any atom is -0.496 e. The number of ether oxygens (including phenoxy) is 2. The molecule has 1 aliphatic heterocycles. The van der Waals surface area contributed by atoms with Crippen molar-refractivity contribution in [3.05, 3.63) is 29.3 Å². The largest absolute Gasteiger partial charge is 0.496 e. The van der Waals surface area contributed by atoms with Crippen LogP contribution in [0.5, 0.6) is 5.75 Å². The standard InChI is InChI=1S/C18H29NO2/c1-4-19-17(10-9-16-7-5-6-12-21-16)15-8-11-18(20-3)14(2)13-15/h8,11,13,16-17,19H,4-7,9-10,12H2,1-3H3. The van der Waals surface area contributed by atoms with E-state index in [1.807, 2.05) is 0 Å². The number of hydrogen-bond acceptors (Lipinski definition) is 3. The van der Waals surface area contributed by atoms with Gasteiger partial charge >= 0.3 is 0 Å². The maximum absolute atomic E-state index is 5.85. The van der Waals surface area contributed by atoms with Gasteiger partial charge in [0, 0.05) is 12.6 Å². The molecule has 0 spiro atoms. The topological polar surface area (TPSA) is 30.5 Å². The second-order valence-electron chi connectivity index (χ2n) is 5.91. The molecule has 118 valence electrons. The highest BCUT2D eigenvalue weighted by Crippen LogP contribution is 2.27. The molecule has 0 radical (unpaired) electrons. The summed E-state index contributed by atoms with van der Waals surface area (Å²) in [7, 11) is 1.73. The van der Waals surface area contributed by atoms with E-state index in [9.17, 15) is 0 Å². The predicted molar refractivity (Wildman–Crippen MR) is 87.0 cm³/mol. The molecule has 2 rings (SSSR count). The highest BCUT2D eigenvalue weighted by atomic mass is 16.5. The molecule has 0 aliphatic carbocycles. The Bertz CT molecular complexity index is 427. The Kier molecular flexibility index (Phi) is 6.52. The van der Waals surface area contributed by atoms with Gasteiger partial charge in [-0.3, -0.25) is 0 Å². The van der Waals surface area contributed by atoms with Gasteiger partial charge in [0.15, 0.2) is 0 Å². The van der Waals surface area contributed by atoms with Gasteiger partial charge in [0.2, 0.25) is 0 Å². The van der Waals surface area contributed by atoms with E-state index in [0.717, 1.165) is 31.7 Å². The summed E-state index contributed by atoms with van der Waals surface area (Å²) in [6.07, 6.45) is 6.50. The van der Waals surface area contributed by atoms with Crippen molar-refractivity contribution in [2.45, 2.75) is 58.1 Å². The summed E-state index contributed by atoms with van der Waals surface area (Å²) in [6.45, 7) is 6.20. The van der Waals surface area contributed by atoms with Crippen LogP contribution in [-0.2, 0) is 4.74 Å². The Labute approximate surface area is 129 Å². The average Bonchev–Trinajstić information content (AvgIpc) is 2.52. The first-order chi connectivity index (χ1) is 10.2. The first kappa shape index (κ1) is 16.3. The predicted octanol–water partition coefficient (Wildman–Crippen LogP) is 4.00. The second kappa shape index (κ2) is 8.40. The van der Waals surface area contributed by atoms with Crippen LogP contribution in [-0.4, -0.2) is 26.4 Å². The number of aryl methyl sites for hydroxylation is 1. The fourth-order valence-corrected chi connectivity index (χ4v) is 3.14. The van der Waals surface area contributed by atoms with Gasteiger partial charge in [-0.1, -0.05) is 19.1 Å². The molecule has 1 heterocycles. The van der Waals surface area contributed by atoms with Crippen LogP contribution in [0.3, 0.4) is 0 Å². The minimum absolute atomic E-state index is 0.408. The van der Waals surface area contributed by atoms with Crippen LogP contribution >= 0.6 is 0 Å². The lowest BCUT2D eigenvalue weighted by atomic mass is 9.96. The molecule has 1 aliphatic rings. The lowest BCUT2D eigenvalue weighted by Gasteiger charge is -2.26. The van der Waals surface area contributed by atoms with E-state index in [1.165, 1.54) is 30.4 Å². The molecule has 1 fully saturated rings. The summed E-state index contributed by atoms with van der Waals surface area (Å²) in [6, 6.07) is 6.91. The van der Waals surface area contributed by atoms with Crippen molar-refractivity contribution in [3.63, 3.8) is 0 Å². The van der Waals surface area contributed by atoms with Gasteiger partial charge in [-0.2, -0.15) is 0 Å². The van der Waals surface area contributed by atoms with Crippen molar-refractivity contribution in [1.82, 2.24) is 5.32 Å². The number of benzene rings is 1. The normalized spacial score (nSPS) is 20.2. The first-order valence-corrected chi connectivity index (χ1v) is 8.24. The van der Waals surface area contributed by atoms with Crippen LogP contribution in [0.25, 0.3) is 0 Å². The zero-order valence-electron chi connectivity index (χ0n) is 13.7. The molecule has 0 aromatic heterocycles. The molecule has 3 nitrogen and oxygen atoms in total. The zero-order chi connectivity index (χ0) is 15.1. The molecular weight excluding hydrogens is 262 g/mol. The highest BCUT2D eigenvalue weighted by molar-refractivity contribution is 5.37. The van der Waals surface area contributed by atoms with Crippen LogP contribution in [0, 0.1) is 6.92 Å². The fraction of sp³-hybridized carbons (Fsp3) is 0.667. The SMILES string of the molecule is CCNC(CCC1CCCCO1)c1ccc(OC)c(C)c1. The molecule has 1 aromatic carbocycles. The minimum atomic E-state index is 0.408. The van der Waals surface area contributed by atoms with Crippen molar-refractivity contribution in [2.24, 2.45) is 0 Å². The smallest absolute Gasteiger partial charge is 0.121 e. The fourth-order valence-electron chi connectivity index (χ4n) is 3.14. The van der Waals surface area contributed by atoms with Gasteiger partial charge in [0.25, 0.3) is 0 Å². The Hall–Kier alpha value is -1.06. The van der Waals surface area contributed by atoms with E-state index < -0.39 is 0 Å². The molecule has 1 saturated heterocycles. The third-order valence-electron chi connectivity index (χ3n) is 4.32. The highest BCUT2D eigenvalue weighted by Gasteiger charge is 2.18. The molecule has 3 heteroatoms. The van der Waals surface area contributed by atoms with Gasteiger partial charge < -0.3 is 14.8 Å². The Balaban J connectivity index is 1.98. The lowest BCUT2D eigenvalue weighted by Crippen LogP contribution is -2.25. The average molecular weight is 291 g/mol. The van der Waals surface area contributed by atoms with Gasteiger partial charge in [0.1, 0.15) is 5.75 Å². The molecule has 21 heavy (non-hydrogen) atoms. The van der Waals surface area contributed by atoms with Crippen LogP contribution < -0.4 is 10.1 Å². The van der Waals surface area contributed by atoms with E-state index in [-0.39, 0.29) is 0 Å². The first-order valence-electron chi connectivity index (χ1n) is 8.24. The van der Waals surface area contributed by atoms with Gasteiger partial charge in [0.05, 0.1) is 13.2 Å². The van der Waals surface area contributed by atoms with E-state index in [0.29, 0.717) is 12.1 Å². The summed E-state index contributed by atoms with van der Waals surface area (Å²) in [5, 5.41) is 3.61. The van der Waals surface area contributed by atoms with Crippen molar-refractivity contribution in [1.29, 1.82) is 0 Å². The van der Waals surface area contributed by atoms with E-state index in [1.54, 1.807) is 7.11 Å². The van der Waals surface area contributed by atoms with Crippen molar-refractivity contribution in [3.8, 4) is 5.75 Å². The van der Waals surface area contributed by atoms with Crippen LogP contribution in [0.2, 0.25) is 0 Å². The second-order valence-corrected chi connectivity index (χ2v) is 5.91. The van der Waals surface area contributed by atoms with Gasteiger partial charge in [-0.05, 0) is 62.8 Å². The zero-order valence-corrected chi connectivity index (χ0v) is 13.7. The maximum atomic E-state index is 5.85. The molecule has 1 N–H and O–H groups in total. The summed E-state index contributed by atoms with van der Waals surface area (Å²) in [5.74, 6) is 0.963. The Morgan fingerprint density at radius 1 is 1.38 bits per heavy atom.